The minimum absolute atomic E-state index is 0.0404. The van der Waals surface area contributed by atoms with Gasteiger partial charge in [0.1, 0.15) is 5.75 Å². The van der Waals surface area contributed by atoms with Crippen LogP contribution in [0.5, 0.6) is 5.75 Å². The Bertz CT molecular complexity index is 951. The van der Waals surface area contributed by atoms with Gasteiger partial charge in [0.05, 0.1) is 11.0 Å². The van der Waals surface area contributed by atoms with Gasteiger partial charge >= 0.3 is 0 Å². The number of sulfonamides is 1. The van der Waals surface area contributed by atoms with Crippen LogP contribution in [-0.2, 0) is 16.6 Å². The van der Waals surface area contributed by atoms with E-state index in [0.29, 0.717) is 5.75 Å². The number of benzene rings is 1. The summed E-state index contributed by atoms with van der Waals surface area (Å²) in [4.78, 5) is 4.41. The number of pyridine rings is 1. The second kappa shape index (κ2) is 7.99. The highest BCUT2D eigenvalue weighted by atomic mass is 32.2. The predicted octanol–water partition coefficient (Wildman–Crippen LogP) is 4.08. The highest BCUT2D eigenvalue weighted by Gasteiger charge is 2.14. The molecule has 0 fully saturated rings. The van der Waals surface area contributed by atoms with Crippen molar-refractivity contribution in [3.8, 4) is 16.9 Å². The number of aromatic nitrogens is 1. The number of nitrogens with one attached hydrogen (secondary N) is 1. The third kappa shape index (κ3) is 4.69. The minimum atomic E-state index is -3.60. The normalized spacial score (nSPS) is 11.7. The Labute approximate surface area is 157 Å². The first-order chi connectivity index (χ1) is 12.4. The van der Waals surface area contributed by atoms with Gasteiger partial charge in [-0.1, -0.05) is 0 Å². The molecule has 0 atom stereocenters. The molecule has 0 aliphatic carbocycles. The summed E-state index contributed by atoms with van der Waals surface area (Å²) in [7, 11) is -3.60. The molecule has 0 bridgehead atoms. The van der Waals surface area contributed by atoms with Crippen molar-refractivity contribution in [3.05, 3.63) is 65.1 Å². The van der Waals surface area contributed by atoms with E-state index in [2.05, 4.69) is 9.71 Å². The molecular weight excluding hydrogens is 368 g/mol. The lowest BCUT2D eigenvalue weighted by molar-refractivity contribution is 0.242. The van der Waals surface area contributed by atoms with E-state index in [1.165, 1.54) is 0 Å². The highest BCUT2D eigenvalue weighted by Crippen LogP contribution is 2.22. The summed E-state index contributed by atoms with van der Waals surface area (Å²) in [6, 6.07) is 10.4. The summed E-state index contributed by atoms with van der Waals surface area (Å²) in [5.41, 5.74) is 2.85. The number of hydrogen-bond acceptors (Lipinski definition) is 5. The van der Waals surface area contributed by atoms with E-state index in [4.69, 9.17) is 4.74 Å². The fourth-order valence-electron chi connectivity index (χ4n) is 2.40. The van der Waals surface area contributed by atoms with Crippen molar-refractivity contribution in [1.82, 2.24) is 9.71 Å². The number of thiophene rings is 1. The van der Waals surface area contributed by atoms with Crippen molar-refractivity contribution in [1.29, 1.82) is 0 Å². The van der Waals surface area contributed by atoms with Gasteiger partial charge in [-0.3, -0.25) is 4.98 Å². The second-order valence-electron chi connectivity index (χ2n) is 6.06. The van der Waals surface area contributed by atoms with E-state index in [0.717, 1.165) is 16.7 Å². The van der Waals surface area contributed by atoms with Crippen molar-refractivity contribution in [3.63, 3.8) is 0 Å². The van der Waals surface area contributed by atoms with Crippen LogP contribution in [0.4, 0.5) is 0 Å². The molecule has 0 aliphatic heterocycles. The summed E-state index contributed by atoms with van der Waals surface area (Å²) in [5, 5.41) is 4.03. The summed E-state index contributed by atoms with van der Waals surface area (Å²) < 4.78 is 33.1. The van der Waals surface area contributed by atoms with E-state index < -0.39 is 10.0 Å². The van der Waals surface area contributed by atoms with Gasteiger partial charge in [0.25, 0.3) is 0 Å². The molecule has 0 amide bonds. The van der Waals surface area contributed by atoms with Crippen LogP contribution in [0.25, 0.3) is 11.1 Å². The highest BCUT2D eigenvalue weighted by molar-refractivity contribution is 7.89. The lowest BCUT2D eigenvalue weighted by Crippen LogP contribution is -2.23. The Balaban J connectivity index is 1.69. The molecule has 1 N–H and O–H groups in total. The first-order valence-corrected chi connectivity index (χ1v) is 10.6. The zero-order valence-corrected chi connectivity index (χ0v) is 16.2. The summed E-state index contributed by atoms with van der Waals surface area (Å²) in [6.45, 7) is 4.02. The molecule has 7 heteroatoms. The first kappa shape index (κ1) is 18.6. The van der Waals surface area contributed by atoms with Gasteiger partial charge in [0.2, 0.25) is 10.0 Å². The molecule has 0 unspecified atom stereocenters. The van der Waals surface area contributed by atoms with E-state index in [1.54, 1.807) is 48.0 Å². The van der Waals surface area contributed by atoms with E-state index >= 15 is 0 Å². The van der Waals surface area contributed by atoms with Gasteiger partial charge in [-0.25, -0.2) is 13.1 Å². The Morgan fingerprint density at radius 1 is 1.12 bits per heavy atom. The molecular formula is C19H20N2O3S2. The van der Waals surface area contributed by atoms with Crippen LogP contribution in [0.15, 0.2) is 64.4 Å². The zero-order chi connectivity index (χ0) is 18.6. The average molecular weight is 389 g/mol. The first-order valence-electron chi connectivity index (χ1n) is 8.17. The molecule has 3 aromatic rings. The Morgan fingerprint density at radius 3 is 2.54 bits per heavy atom. The van der Waals surface area contributed by atoms with Crippen LogP contribution >= 0.6 is 11.3 Å². The van der Waals surface area contributed by atoms with Crippen molar-refractivity contribution in [2.45, 2.75) is 31.4 Å². The topological polar surface area (TPSA) is 68.3 Å². The molecule has 26 heavy (non-hydrogen) atoms. The van der Waals surface area contributed by atoms with Gasteiger partial charge < -0.3 is 4.74 Å². The largest absolute Gasteiger partial charge is 0.491 e. The summed E-state index contributed by atoms with van der Waals surface area (Å²) >= 11 is 1.61. The van der Waals surface area contributed by atoms with E-state index in [9.17, 15) is 8.42 Å². The van der Waals surface area contributed by atoms with Gasteiger partial charge in [-0.05, 0) is 72.1 Å². The molecule has 5 nitrogen and oxygen atoms in total. The third-order valence-electron chi connectivity index (χ3n) is 3.62. The summed E-state index contributed by atoms with van der Waals surface area (Å²) in [5.74, 6) is 0.645. The number of ether oxygens (including phenoxy) is 1. The smallest absolute Gasteiger partial charge is 0.240 e. The van der Waals surface area contributed by atoms with Crippen LogP contribution in [0.2, 0.25) is 0 Å². The van der Waals surface area contributed by atoms with Gasteiger partial charge in [0, 0.05) is 24.5 Å². The van der Waals surface area contributed by atoms with Crippen LogP contribution < -0.4 is 9.46 Å². The number of rotatable bonds is 7. The predicted molar refractivity (Wildman–Crippen MR) is 104 cm³/mol. The van der Waals surface area contributed by atoms with Crippen molar-refractivity contribution in [2.75, 3.05) is 0 Å². The lowest BCUT2D eigenvalue weighted by atomic mass is 10.1. The molecule has 2 heterocycles. The van der Waals surface area contributed by atoms with Gasteiger partial charge in [-0.15, -0.1) is 0 Å². The molecule has 0 saturated heterocycles. The molecule has 136 valence electrons. The Kier molecular flexibility index (Phi) is 5.70. The second-order valence-corrected chi connectivity index (χ2v) is 8.60. The maximum Gasteiger partial charge on any atom is 0.240 e. The fraction of sp³-hybridized carbons (Fsp3) is 0.211. The molecule has 0 spiro atoms. The van der Waals surface area contributed by atoms with Crippen LogP contribution in [-0.4, -0.2) is 19.5 Å². The quantitative estimate of drug-likeness (QED) is 0.662. The molecule has 3 rings (SSSR count). The van der Waals surface area contributed by atoms with Crippen LogP contribution in [0.3, 0.4) is 0 Å². The minimum Gasteiger partial charge on any atom is -0.491 e. The third-order valence-corrected chi connectivity index (χ3v) is 5.72. The van der Waals surface area contributed by atoms with Gasteiger partial charge in [0.15, 0.2) is 0 Å². The molecule has 0 aliphatic rings. The lowest BCUT2D eigenvalue weighted by Gasteiger charge is -2.11. The SMILES string of the molecule is CC(C)Oc1ccc(S(=O)(=O)NCc2cncc(-c3ccsc3)c2)cc1. The maximum absolute atomic E-state index is 12.5. The monoisotopic (exact) mass is 388 g/mol. The maximum atomic E-state index is 12.5. The van der Waals surface area contributed by atoms with Crippen molar-refractivity contribution in [2.24, 2.45) is 0 Å². The van der Waals surface area contributed by atoms with Gasteiger partial charge in [-0.2, -0.15) is 11.3 Å². The zero-order valence-electron chi connectivity index (χ0n) is 14.5. The number of hydrogen-bond donors (Lipinski definition) is 1. The van der Waals surface area contributed by atoms with Crippen molar-refractivity contribution < 1.29 is 13.2 Å². The van der Waals surface area contributed by atoms with Crippen LogP contribution in [0, 0.1) is 0 Å². The Morgan fingerprint density at radius 2 is 1.88 bits per heavy atom. The Hall–Kier alpha value is -2.22. The number of nitrogens with zero attached hydrogens (tertiary/aromatic N) is 1. The molecule has 2 aromatic heterocycles. The van der Waals surface area contributed by atoms with E-state index in [-0.39, 0.29) is 17.5 Å². The van der Waals surface area contributed by atoms with Crippen molar-refractivity contribution >= 4 is 21.4 Å². The fourth-order valence-corrected chi connectivity index (χ4v) is 4.08. The molecule has 1 aromatic carbocycles. The average Bonchev–Trinajstić information content (AvgIpc) is 3.15. The van der Waals surface area contributed by atoms with E-state index in [1.807, 2.05) is 36.7 Å². The summed E-state index contributed by atoms with van der Waals surface area (Å²) in [6.07, 6.45) is 3.48. The molecule has 0 saturated carbocycles. The molecule has 0 radical (unpaired) electrons. The standard InChI is InChI=1S/C19H20N2O3S2/c1-14(2)24-18-3-5-19(6-4-18)26(22,23)21-11-15-9-17(12-20-10-15)16-7-8-25-13-16/h3-10,12-14,21H,11H2,1-2H3. The van der Waals surface area contributed by atoms with Crippen LogP contribution in [0.1, 0.15) is 19.4 Å².